The van der Waals surface area contributed by atoms with Crippen molar-refractivity contribution in [2.24, 2.45) is 0 Å². The van der Waals surface area contributed by atoms with Gasteiger partial charge in [-0.1, -0.05) is 83.1 Å². The van der Waals surface area contributed by atoms with Gasteiger partial charge in [0, 0.05) is 17.1 Å². The molecule has 0 aromatic heterocycles. The molecule has 1 heterocycles. The van der Waals surface area contributed by atoms with Gasteiger partial charge >= 0.3 is 0 Å². The summed E-state index contributed by atoms with van der Waals surface area (Å²) in [5, 5.41) is 0.939. The van der Waals surface area contributed by atoms with Crippen LogP contribution in [0.3, 0.4) is 0 Å². The first-order chi connectivity index (χ1) is 15.3. The fraction of sp³-hybridized carbons (Fsp3) is 0.200. The zero-order chi connectivity index (χ0) is 22.7. The molecule has 3 aromatic carbocycles. The number of hydrogen-bond donors (Lipinski definition) is 0. The highest BCUT2D eigenvalue weighted by molar-refractivity contribution is 7.89. The predicted octanol–water partition coefficient (Wildman–Crippen LogP) is 5.48. The van der Waals surface area contributed by atoms with Crippen molar-refractivity contribution in [1.82, 2.24) is 4.31 Å². The molecule has 0 bridgehead atoms. The number of benzene rings is 3. The van der Waals surface area contributed by atoms with Crippen LogP contribution in [0.4, 0.5) is 0 Å². The molecule has 0 saturated carbocycles. The van der Waals surface area contributed by atoms with E-state index in [4.69, 9.17) is 27.9 Å². The summed E-state index contributed by atoms with van der Waals surface area (Å²) in [6.07, 6.45) is -0.343. The molecule has 4 nitrogen and oxygen atoms in total. The Morgan fingerprint density at radius 3 is 2.41 bits per heavy atom. The Labute approximate surface area is 198 Å². The molecule has 0 amide bonds. The van der Waals surface area contributed by atoms with Crippen LogP contribution >= 0.6 is 23.2 Å². The Hall–Kier alpha value is -2.33. The Morgan fingerprint density at radius 1 is 1.00 bits per heavy atom. The number of hydrogen-bond acceptors (Lipinski definition) is 3. The number of aryl methyl sites for hydroxylation is 1. The minimum Gasteiger partial charge on any atom is -0.363 e. The molecular formula is C25H21Cl2NO3S. The molecule has 32 heavy (non-hydrogen) atoms. The van der Waals surface area contributed by atoms with Crippen LogP contribution in [0.15, 0.2) is 77.7 Å². The van der Waals surface area contributed by atoms with Crippen LogP contribution in [-0.2, 0) is 14.8 Å². The maximum atomic E-state index is 13.4. The Balaban J connectivity index is 1.57. The number of halogens is 2. The SMILES string of the molecule is Cc1ccc(S(=O)(=O)N(CC#Cc2ccc(Cl)cc2Cl)CC2OC2c2ccccc2)cc1. The summed E-state index contributed by atoms with van der Waals surface area (Å²) < 4.78 is 33.9. The molecule has 0 aliphatic carbocycles. The van der Waals surface area contributed by atoms with Crippen molar-refractivity contribution in [1.29, 1.82) is 0 Å². The van der Waals surface area contributed by atoms with Gasteiger partial charge in [-0.2, -0.15) is 4.31 Å². The first kappa shape index (κ1) is 22.8. The van der Waals surface area contributed by atoms with Crippen LogP contribution < -0.4 is 0 Å². The molecule has 164 valence electrons. The lowest BCUT2D eigenvalue weighted by Crippen LogP contribution is -2.35. The van der Waals surface area contributed by atoms with E-state index in [2.05, 4.69) is 11.8 Å². The van der Waals surface area contributed by atoms with E-state index in [1.165, 1.54) is 4.31 Å². The number of ether oxygens (including phenoxy) is 1. The van der Waals surface area contributed by atoms with Crippen molar-refractivity contribution in [3.8, 4) is 11.8 Å². The molecule has 2 unspecified atom stereocenters. The van der Waals surface area contributed by atoms with Crippen LogP contribution in [0, 0.1) is 18.8 Å². The average molecular weight is 486 g/mol. The lowest BCUT2D eigenvalue weighted by Gasteiger charge is -2.19. The van der Waals surface area contributed by atoms with E-state index in [0.29, 0.717) is 15.6 Å². The summed E-state index contributed by atoms with van der Waals surface area (Å²) in [5.74, 6) is 5.90. The Kier molecular flexibility index (Phi) is 6.90. The van der Waals surface area contributed by atoms with Crippen LogP contribution in [0.2, 0.25) is 10.0 Å². The summed E-state index contributed by atoms with van der Waals surface area (Å²) >= 11 is 12.1. The van der Waals surface area contributed by atoms with E-state index in [0.717, 1.165) is 11.1 Å². The average Bonchev–Trinajstić information content (AvgIpc) is 3.55. The summed E-state index contributed by atoms with van der Waals surface area (Å²) in [6.45, 7) is 2.13. The van der Waals surface area contributed by atoms with Crippen molar-refractivity contribution in [2.45, 2.75) is 24.0 Å². The van der Waals surface area contributed by atoms with Crippen LogP contribution in [0.1, 0.15) is 22.8 Å². The fourth-order valence-corrected chi connectivity index (χ4v) is 5.15. The molecule has 1 aliphatic rings. The molecular weight excluding hydrogens is 465 g/mol. The maximum Gasteiger partial charge on any atom is 0.244 e. The quantitative estimate of drug-likeness (QED) is 0.342. The van der Waals surface area contributed by atoms with E-state index in [9.17, 15) is 8.42 Å². The second kappa shape index (κ2) is 9.66. The van der Waals surface area contributed by atoms with E-state index in [1.807, 2.05) is 37.3 Å². The lowest BCUT2D eigenvalue weighted by atomic mass is 10.1. The molecule has 0 N–H and O–H groups in total. The minimum absolute atomic E-state index is 0.0105. The van der Waals surface area contributed by atoms with Crippen LogP contribution in [-0.4, -0.2) is 31.9 Å². The van der Waals surface area contributed by atoms with Gasteiger partial charge in [0.2, 0.25) is 10.0 Å². The Bertz CT molecular complexity index is 1270. The van der Waals surface area contributed by atoms with E-state index in [-0.39, 0.29) is 30.2 Å². The van der Waals surface area contributed by atoms with Gasteiger partial charge in [-0.05, 0) is 42.8 Å². The molecule has 1 aliphatic heterocycles. The molecule has 0 spiro atoms. The van der Waals surface area contributed by atoms with Gasteiger partial charge in [0.1, 0.15) is 12.2 Å². The molecule has 4 rings (SSSR count). The molecule has 2 atom stereocenters. The first-order valence-corrected chi connectivity index (χ1v) is 12.3. The normalized spacial score (nSPS) is 17.6. The van der Waals surface area contributed by atoms with Gasteiger partial charge in [-0.25, -0.2) is 8.42 Å². The molecule has 0 radical (unpaired) electrons. The van der Waals surface area contributed by atoms with E-state index < -0.39 is 10.0 Å². The lowest BCUT2D eigenvalue weighted by molar-refractivity contribution is 0.335. The molecule has 3 aromatic rings. The van der Waals surface area contributed by atoms with Gasteiger partial charge < -0.3 is 4.74 Å². The number of rotatable bonds is 6. The van der Waals surface area contributed by atoms with Crippen molar-refractivity contribution < 1.29 is 13.2 Å². The summed E-state index contributed by atoms with van der Waals surface area (Å²) in [7, 11) is -3.75. The molecule has 1 saturated heterocycles. The van der Waals surface area contributed by atoms with Gasteiger partial charge in [0.05, 0.1) is 16.5 Å². The van der Waals surface area contributed by atoms with Gasteiger partial charge in [0.15, 0.2) is 0 Å². The maximum absolute atomic E-state index is 13.4. The summed E-state index contributed by atoms with van der Waals surface area (Å²) in [6, 6.07) is 21.6. The van der Waals surface area contributed by atoms with Crippen LogP contribution in [0.25, 0.3) is 0 Å². The topological polar surface area (TPSA) is 49.9 Å². The standard InChI is InChI=1S/C25H21Cl2NO3S/c1-18-9-13-22(14-10-18)32(29,30)28(15-5-8-19-11-12-21(26)16-23(19)27)17-24-25(31-24)20-6-3-2-4-7-20/h2-4,6-7,9-14,16,24-25H,15,17H2,1H3. The third-order valence-electron chi connectivity index (χ3n) is 5.16. The number of nitrogens with zero attached hydrogens (tertiary/aromatic N) is 1. The molecule has 1 fully saturated rings. The predicted molar refractivity (Wildman–Crippen MR) is 127 cm³/mol. The Morgan fingerprint density at radius 2 is 1.72 bits per heavy atom. The highest BCUT2D eigenvalue weighted by Crippen LogP contribution is 2.39. The minimum atomic E-state index is -3.75. The summed E-state index contributed by atoms with van der Waals surface area (Å²) in [5.41, 5.74) is 2.61. The fourth-order valence-electron chi connectivity index (χ4n) is 3.34. The highest BCUT2D eigenvalue weighted by atomic mass is 35.5. The smallest absolute Gasteiger partial charge is 0.244 e. The number of sulfonamides is 1. The third kappa shape index (κ3) is 5.35. The monoisotopic (exact) mass is 485 g/mol. The zero-order valence-corrected chi connectivity index (χ0v) is 19.7. The van der Waals surface area contributed by atoms with Crippen molar-refractivity contribution in [3.05, 3.63) is 99.5 Å². The number of epoxide rings is 1. The van der Waals surface area contributed by atoms with Gasteiger partial charge in [0.25, 0.3) is 0 Å². The van der Waals surface area contributed by atoms with Gasteiger partial charge in [-0.15, -0.1) is 0 Å². The third-order valence-corrected chi connectivity index (χ3v) is 7.54. The van der Waals surface area contributed by atoms with Crippen molar-refractivity contribution in [3.63, 3.8) is 0 Å². The first-order valence-electron chi connectivity index (χ1n) is 10.1. The second-order valence-electron chi connectivity index (χ2n) is 7.54. The second-order valence-corrected chi connectivity index (χ2v) is 10.3. The van der Waals surface area contributed by atoms with E-state index >= 15 is 0 Å². The van der Waals surface area contributed by atoms with E-state index in [1.54, 1.807) is 42.5 Å². The van der Waals surface area contributed by atoms with Crippen molar-refractivity contribution in [2.75, 3.05) is 13.1 Å². The highest BCUT2D eigenvalue weighted by Gasteiger charge is 2.43. The van der Waals surface area contributed by atoms with Crippen LogP contribution in [0.5, 0.6) is 0 Å². The summed E-state index contributed by atoms with van der Waals surface area (Å²) in [4.78, 5) is 0.228. The largest absolute Gasteiger partial charge is 0.363 e. The molecule has 7 heteroatoms. The van der Waals surface area contributed by atoms with Crippen molar-refractivity contribution >= 4 is 33.2 Å². The van der Waals surface area contributed by atoms with Gasteiger partial charge in [-0.3, -0.25) is 0 Å². The zero-order valence-electron chi connectivity index (χ0n) is 17.3.